The highest BCUT2D eigenvalue weighted by molar-refractivity contribution is 6.30. The van der Waals surface area contributed by atoms with E-state index in [9.17, 15) is 0 Å². The summed E-state index contributed by atoms with van der Waals surface area (Å²) in [6.07, 6.45) is 8.03. The van der Waals surface area contributed by atoms with Gasteiger partial charge in [-0.25, -0.2) is 0 Å². The van der Waals surface area contributed by atoms with Crippen LogP contribution >= 0.6 is 11.6 Å². The fourth-order valence-corrected chi connectivity index (χ4v) is 3.69. The lowest BCUT2D eigenvalue weighted by molar-refractivity contribution is 0.284. The van der Waals surface area contributed by atoms with Crippen molar-refractivity contribution in [1.29, 1.82) is 0 Å². The van der Waals surface area contributed by atoms with Gasteiger partial charge in [-0.2, -0.15) is 0 Å². The molecule has 1 saturated carbocycles. The van der Waals surface area contributed by atoms with Crippen molar-refractivity contribution in [3.63, 3.8) is 0 Å². The van der Waals surface area contributed by atoms with Crippen LogP contribution in [0.2, 0.25) is 5.02 Å². The molecule has 1 aliphatic rings. The van der Waals surface area contributed by atoms with E-state index in [4.69, 9.17) is 21.1 Å². The van der Waals surface area contributed by atoms with Crippen molar-refractivity contribution in [2.24, 2.45) is 0 Å². The normalized spacial score (nSPS) is 15.5. The van der Waals surface area contributed by atoms with Crippen molar-refractivity contribution < 1.29 is 9.47 Å². The van der Waals surface area contributed by atoms with Crippen LogP contribution in [0.5, 0.6) is 11.5 Å². The third-order valence-corrected chi connectivity index (χ3v) is 5.20. The average Bonchev–Trinajstić information content (AvgIpc) is 2.94. The molecule has 0 spiro atoms. The van der Waals surface area contributed by atoms with Gasteiger partial charge in [-0.05, 0) is 48.2 Å². The molecule has 3 nitrogen and oxygen atoms in total. The number of nitrogens with one attached hydrogen (secondary N) is 1. The van der Waals surface area contributed by atoms with Crippen LogP contribution in [-0.2, 0) is 13.2 Å². The van der Waals surface area contributed by atoms with Gasteiger partial charge in [-0.1, -0.05) is 55.5 Å². The van der Waals surface area contributed by atoms with E-state index in [0.717, 1.165) is 28.6 Å². The molecule has 1 fully saturated rings. The summed E-state index contributed by atoms with van der Waals surface area (Å²) in [5.74, 6) is 1.53. The van der Waals surface area contributed by atoms with Gasteiger partial charge in [-0.15, -0.1) is 0 Å². The van der Waals surface area contributed by atoms with Gasteiger partial charge in [-0.3, -0.25) is 0 Å². The Balaban J connectivity index is 1.58. The molecule has 0 aromatic heterocycles. The highest BCUT2D eigenvalue weighted by atomic mass is 35.5. The molecule has 140 valence electrons. The van der Waals surface area contributed by atoms with Crippen molar-refractivity contribution in [2.45, 2.75) is 57.7 Å². The molecule has 0 radical (unpaired) electrons. The number of ether oxygens (including phenoxy) is 2. The fraction of sp³-hybridized carbons (Fsp3) is 0.455. The summed E-state index contributed by atoms with van der Waals surface area (Å²) < 4.78 is 11.5. The summed E-state index contributed by atoms with van der Waals surface area (Å²) >= 11 is 6.03. The molecule has 0 saturated heterocycles. The molecule has 0 amide bonds. The maximum Gasteiger partial charge on any atom is 0.161 e. The Kier molecular flexibility index (Phi) is 7.22. The Labute approximate surface area is 161 Å². The van der Waals surface area contributed by atoms with Gasteiger partial charge < -0.3 is 14.8 Å². The van der Waals surface area contributed by atoms with Crippen LogP contribution in [0.25, 0.3) is 0 Å². The van der Waals surface area contributed by atoms with E-state index in [1.165, 1.54) is 44.1 Å². The Morgan fingerprint density at radius 2 is 1.77 bits per heavy atom. The molecular weight excluding hydrogens is 346 g/mol. The van der Waals surface area contributed by atoms with Crippen molar-refractivity contribution in [2.75, 3.05) is 7.11 Å². The number of hydrogen-bond acceptors (Lipinski definition) is 3. The zero-order chi connectivity index (χ0) is 18.2. The molecule has 26 heavy (non-hydrogen) atoms. The van der Waals surface area contributed by atoms with Gasteiger partial charge >= 0.3 is 0 Å². The molecule has 1 N–H and O–H groups in total. The summed E-state index contributed by atoms with van der Waals surface area (Å²) in [6.45, 7) is 1.34. The van der Waals surface area contributed by atoms with Crippen LogP contribution in [-0.4, -0.2) is 13.2 Å². The topological polar surface area (TPSA) is 30.5 Å². The Morgan fingerprint density at radius 1 is 0.962 bits per heavy atom. The van der Waals surface area contributed by atoms with Crippen LogP contribution in [0.1, 0.15) is 49.7 Å². The predicted octanol–water partition coefficient (Wildman–Crippen LogP) is 5.74. The third-order valence-electron chi connectivity index (χ3n) is 4.96. The van der Waals surface area contributed by atoms with Gasteiger partial charge in [0.25, 0.3) is 0 Å². The molecule has 2 aromatic rings. The molecule has 1 aliphatic carbocycles. The molecule has 4 heteroatoms. The maximum absolute atomic E-state index is 6.03. The van der Waals surface area contributed by atoms with Crippen molar-refractivity contribution in [3.05, 3.63) is 58.6 Å². The second kappa shape index (κ2) is 9.84. The summed E-state index contributed by atoms with van der Waals surface area (Å²) in [6, 6.07) is 14.5. The van der Waals surface area contributed by atoms with Crippen molar-refractivity contribution >= 4 is 11.6 Å². The minimum absolute atomic E-state index is 0.469. The second-order valence-corrected chi connectivity index (χ2v) is 7.41. The van der Waals surface area contributed by atoms with E-state index in [1.807, 2.05) is 30.3 Å². The number of rotatable bonds is 7. The Morgan fingerprint density at radius 3 is 2.50 bits per heavy atom. The molecule has 0 atom stereocenters. The first kappa shape index (κ1) is 19.1. The quantitative estimate of drug-likeness (QED) is 0.627. The number of benzene rings is 2. The van der Waals surface area contributed by atoms with E-state index < -0.39 is 0 Å². The third kappa shape index (κ3) is 5.65. The largest absolute Gasteiger partial charge is 0.493 e. The molecule has 2 aromatic carbocycles. The Hall–Kier alpha value is -1.71. The van der Waals surface area contributed by atoms with Gasteiger partial charge in [0.2, 0.25) is 0 Å². The summed E-state index contributed by atoms with van der Waals surface area (Å²) in [5, 5.41) is 4.42. The zero-order valence-electron chi connectivity index (χ0n) is 15.5. The fourth-order valence-electron chi connectivity index (χ4n) is 3.47. The first-order valence-corrected chi connectivity index (χ1v) is 9.90. The van der Waals surface area contributed by atoms with E-state index >= 15 is 0 Å². The number of hydrogen-bond donors (Lipinski definition) is 1. The van der Waals surface area contributed by atoms with Crippen LogP contribution in [0.4, 0.5) is 0 Å². The predicted molar refractivity (Wildman–Crippen MR) is 107 cm³/mol. The van der Waals surface area contributed by atoms with E-state index in [0.29, 0.717) is 12.6 Å². The SMILES string of the molecule is COc1cc(CNC2CCCCCC2)ccc1OCc1cccc(Cl)c1. The summed E-state index contributed by atoms with van der Waals surface area (Å²) in [7, 11) is 1.68. The first-order valence-electron chi connectivity index (χ1n) is 9.52. The summed E-state index contributed by atoms with van der Waals surface area (Å²) in [5.41, 5.74) is 2.26. The molecule has 0 aliphatic heterocycles. The smallest absolute Gasteiger partial charge is 0.161 e. The molecular formula is C22H28ClNO2. The maximum atomic E-state index is 6.03. The highest BCUT2D eigenvalue weighted by Crippen LogP contribution is 2.29. The van der Waals surface area contributed by atoms with Crippen LogP contribution < -0.4 is 14.8 Å². The minimum Gasteiger partial charge on any atom is -0.493 e. The van der Waals surface area contributed by atoms with E-state index in [1.54, 1.807) is 7.11 Å². The average molecular weight is 374 g/mol. The van der Waals surface area contributed by atoms with E-state index in [2.05, 4.69) is 17.4 Å². The lowest BCUT2D eigenvalue weighted by atomic mass is 10.1. The molecule has 0 unspecified atom stereocenters. The standard InChI is InChI=1S/C22H28ClNO2/c1-25-22-14-17(15-24-20-9-4-2-3-5-10-20)11-12-21(22)26-16-18-7-6-8-19(23)13-18/h6-8,11-14,20,24H,2-5,9-10,15-16H2,1H3. The number of methoxy groups -OCH3 is 1. The monoisotopic (exact) mass is 373 g/mol. The Bertz CT molecular complexity index is 696. The van der Waals surface area contributed by atoms with Gasteiger partial charge in [0.05, 0.1) is 7.11 Å². The van der Waals surface area contributed by atoms with Crippen LogP contribution in [0.3, 0.4) is 0 Å². The number of halogens is 1. The molecule has 0 bridgehead atoms. The van der Waals surface area contributed by atoms with Gasteiger partial charge in [0.15, 0.2) is 11.5 Å². The zero-order valence-corrected chi connectivity index (χ0v) is 16.2. The first-order chi connectivity index (χ1) is 12.7. The van der Waals surface area contributed by atoms with Gasteiger partial charge in [0, 0.05) is 17.6 Å². The second-order valence-electron chi connectivity index (χ2n) is 6.97. The highest BCUT2D eigenvalue weighted by Gasteiger charge is 2.12. The minimum atomic E-state index is 0.469. The van der Waals surface area contributed by atoms with Crippen LogP contribution in [0, 0.1) is 0 Å². The summed E-state index contributed by atoms with van der Waals surface area (Å²) in [4.78, 5) is 0. The van der Waals surface area contributed by atoms with Crippen molar-refractivity contribution in [3.8, 4) is 11.5 Å². The molecule has 3 rings (SSSR count). The lowest BCUT2D eigenvalue weighted by Crippen LogP contribution is -2.27. The molecule has 0 heterocycles. The van der Waals surface area contributed by atoms with Gasteiger partial charge in [0.1, 0.15) is 6.61 Å². The van der Waals surface area contributed by atoms with Crippen LogP contribution in [0.15, 0.2) is 42.5 Å². The van der Waals surface area contributed by atoms with E-state index in [-0.39, 0.29) is 0 Å². The van der Waals surface area contributed by atoms with Crippen molar-refractivity contribution in [1.82, 2.24) is 5.32 Å². The lowest BCUT2D eigenvalue weighted by Gasteiger charge is -2.17.